The van der Waals surface area contributed by atoms with Gasteiger partial charge in [0.2, 0.25) is 11.8 Å². The number of hydrogen-bond donors (Lipinski definition) is 1. The summed E-state index contributed by atoms with van der Waals surface area (Å²) in [6, 6.07) is 10.9. The normalized spacial score (nSPS) is 30.2. The number of fused-ring (bicyclic) bond motifs is 2. The number of aliphatic hydroxyl groups is 1. The molecule has 0 aliphatic carbocycles. The third-order valence-electron chi connectivity index (χ3n) is 9.53. The van der Waals surface area contributed by atoms with E-state index in [9.17, 15) is 19.5 Å². The van der Waals surface area contributed by atoms with E-state index in [4.69, 9.17) is 21.1 Å². The van der Waals surface area contributed by atoms with Crippen LogP contribution in [0.5, 0.6) is 5.75 Å². The topological polar surface area (TPSA) is 99.6 Å². The third-order valence-corrected chi connectivity index (χ3v) is 9.84. The van der Waals surface area contributed by atoms with Crippen molar-refractivity contribution in [1.29, 1.82) is 0 Å². The molecule has 0 radical (unpaired) electrons. The summed E-state index contributed by atoms with van der Waals surface area (Å²) in [5.74, 6) is -2.21. The molecule has 2 saturated heterocycles. The molecule has 10 heteroatoms. The summed E-state index contributed by atoms with van der Waals surface area (Å²) in [5.41, 5.74) is -0.520. The van der Waals surface area contributed by atoms with Crippen molar-refractivity contribution in [2.45, 2.75) is 57.4 Å². The van der Waals surface area contributed by atoms with E-state index in [1.54, 1.807) is 22.8 Å². The van der Waals surface area contributed by atoms with Crippen molar-refractivity contribution in [3.63, 3.8) is 0 Å². The molecule has 232 valence electrons. The van der Waals surface area contributed by atoms with Gasteiger partial charge in [0.05, 0.1) is 47.4 Å². The zero-order valence-electron chi connectivity index (χ0n) is 25.4. The van der Waals surface area contributed by atoms with Crippen LogP contribution >= 0.6 is 11.6 Å². The predicted octanol–water partition coefficient (Wildman–Crippen LogP) is 4.29. The lowest BCUT2D eigenvalue weighted by Crippen LogP contribution is -2.58. The van der Waals surface area contributed by atoms with E-state index in [0.717, 1.165) is 5.56 Å². The van der Waals surface area contributed by atoms with Crippen LogP contribution < -0.4 is 14.5 Å². The predicted molar refractivity (Wildman–Crippen MR) is 168 cm³/mol. The molecule has 2 aromatic carbocycles. The van der Waals surface area contributed by atoms with Crippen LogP contribution in [0, 0.1) is 18.8 Å². The van der Waals surface area contributed by atoms with Gasteiger partial charge in [0.1, 0.15) is 17.4 Å². The molecule has 3 amide bonds. The van der Waals surface area contributed by atoms with Crippen molar-refractivity contribution < 1.29 is 29.0 Å². The SMILES string of the molecule is CCOc1ccc(N2CC=C[C@@]3(CC)O[C@]45C=CCN(c6c(C)cccc6Cl)C(=O)C4N([C@H](C)CO)C(=O)[C@@H]5[C@H]3C2=O)cc1. The standard InChI is InChI=1S/C34H38ClN3O6/c1-5-33-16-8-18-36(23-12-14-24(15-13-23)43-6-2)30(40)26(33)27-31(41)38(22(4)20-39)29-32(42)37(19-9-17-34(27,29)44-33)28-21(3)10-7-11-25(28)35/h7-17,22,26-27,29,39H,5-6,18-20H2,1-4H3/t22-,26+,27+,29?,33-,34+/m1/s1. The molecule has 4 aliphatic heterocycles. The lowest BCUT2D eigenvalue weighted by Gasteiger charge is -2.40. The average Bonchev–Trinajstić information content (AvgIpc) is 3.31. The maximum atomic E-state index is 14.7. The summed E-state index contributed by atoms with van der Waals surface area (Å²) in [4.78, 5) is 48.7. The zero-order chi connectivity index (χ0) is 31.4. The summed E-state index contributed by atoms with van der Waals surface area (Å²) in [5, 5.41) is 10.7. The summed E-state index contributed by atoms with van der Waals surface area (Å²) in [7, 11) is 0. The fraction of sp³-hybridized carbons (Fsp3) is 0.441. The van der Waals surface area contributed by atoms with Gasteiger partial charge in [-0.05, 0) is 63.1 Å². The molecule has 0 bridgehead atoms. The molecule has 4 heterocycles. The fourth-order valence-corrected chi connectivity index (χ4v) is 7.87. The molecule has 1 N–H and O–H groups in total. The van der Waals surface area contributed by atoms with Gasteiger partial charge in [0, 0.05) is 18.8 Å². The number of likely N-dealkylation sites (tertiary alicyclic amines) is 1. The van der Waals surface area contributed by atoms with Gasteiger partial charge in [0.15, 0.2) is 0 Å². The van der Waals surface area contributed by atoms with E-state index in [1.807, 2.05) is 81.5 Å². The largest absolute Gasteiger partial charge is 0.494 e. The van der Waals surface area contributed by atoms with Crippen molar-refractivity contribution in [1.82, 2.24) is 4.90 Å². The number of hydrogen-bond acceptors (Lipinski definition) is 6. The molecule has 9 nitrogen and oxygen atoms in total. The number of halogens is 1. The van der Waals surface area contributed by atoms with Crippen molar-refractivity contribution in [2.24, 2.45) is 11.8 Å². The summed E-state index contributed by atoms with van der Waals surface area (Å²) in [6.07, 6.45) is 7.87. The molecule has 2 fully saturated rings. The number of rotatable bonds is 7. The van der Waals surface area contributed by atoms with Crippen LogP contribution in [0.2, 0.25) is 5.02 Å². The molecular formula is C34H38ClN3O6. The van der Waals surface area contributed by atoms with Gasteiger partial charge in [-0.2, -0.15) is 0 Å². The molecule has 44 heavy (non-hydrogen) atoms. The van der Waals surface area contributed by atoms with E-state index in [2.05, 4.69) is 0 Å². The Hall–Kier alpha value is -3.66. The Kier molecular flexibility index (Phi) is 7.84. The highest BCUT2D eigenvalue weighted by molar-refractivity contribution is 6.34. The molecule has 1 spiro atoms. The number of aliphatic hydroxyl groups excluding tert-OH is 1. The lowest BCUT2D eigenvalue weighted by molar-refractivity contribution is -0.148. The minimum Gasteiger partial charge on any atom is -0.494 e. The van der Waals surface area contributed by atoms with E-state index >= 15 is 0 Å². The number of aryl methyl sites for hydroxylation is 1. The molecule has 4 aliphatic rings. The number of carbonyl (C=O) groups excluding carboxylic acids is 3. The van der Waals surface area contributed by atoms with E-state index in [1.165, 1.54) is 4.90 Å². The van der Waals surface area contributed by atoms with Crippen molar-refractivity contribution >= 4 is 40.7 Å². The number of amides is 3. The van der Waals surface area contributed by atoms with Crippen molar-refractivity contribution in [2.75, 3.05) is 36.1 Å². The minimum atomic E-state index is -1.44. The molecule has 1 unspecified atom stereocenters. The second-order valence-corrected chi connectivity index (χ2v) is 12.3. The molecule has 2 aromatic rings. The van der Waals surface area contributed by atoms with Gasteiger partial charge >= 0.3 is 0 Å². The first-order chi connectivity index (χ1) is 21.1. The van der Waals surface area contributed by atoms with E-state index < -0.39 is 35.1 Å². The summed E-state index contributed by atoms with van der Waals surface area (Å²) < 4.78 is 12.6. The Bertz CT molecular complexity index is 1520. The fourth-order valence-electron chi connectivity index (χ4n) is 7.55. The maximum Gasteiger partial charge on any atom is 0.253 e. The second kappa shape index (κ2) is 11.4. The first-order valence-electron chi connectivity index (χ1n) is 15.2. The third kappa shape index (κ3) is 4.39. The Morgan fingerprint density at radius 1 is 0.977 bits per heavy atom. The molecule has 6 rings (SSSR count). The highest BCUT2D eigenvalue weighted by Gasteiger charge is 2.75. The van der Waals surface area contributed by atoms with Gasteiger partial charge < -0.3 is 29.3 Å². The zero-order valence-corrected chi connectivity index (χ0v) is 26.2. The number of benzene rings is 2. The van der Waals surface area contributed by atoms with Gasteiger partial charge in [-0.1, -0.05) is 55.0 Å². The summed E-state index contributed by atoms with van der Waals surface area (Å²) >= 11 is 6.63. The van der Waals surface area contributed by atoms with Crippen molar-refractivity contribution in [3.8, 4) is 5.75 Å². The summed E-state index contributed by atoms with van der Waals surface area (Å²) in [6.45, 7) is 8.10. The first-order valence-corrected chi connectivity index (χ1v) is 15.6. The van der Waals surface area contributed by atoms with Crippen LogP contribution in [0.15, 0.2) is 66.8 Å². The monoisotopic (exact) mass is 619 g/mol. The Labute approximate surface area is 262 Å². The van der Waals surface area contributed by atoms with E-state index in [-0.39, 0.29) is 30.9 Å². The lowest BCUT2D eigenvalue weighted by atomic mass is 9.73. The van der Waals surface area contributed by atoms with Crippen LogP contribution in [0.25, 0.3) is 0 Å². The average molecular weight is 620 g/mol. The molecule has 0 aromatic heterocycles. The van der Waals surface area contributed by atoms with Gasteiger partial charge in [-0.25, -0.2) is 0 Å². The van der Waals surface area contributed by atoms with Crippen LogP contribution in [-0.4, -0.2) is 77.3 Å². The quantitative estimate of drug-likeness (QED) is 0.464. The Balaban J connectivity index is 1.48. The van der Waals surface area contributed by atoms with Crippen LogP contribution in [0.3, 0.4) is 0 Å². The van der Waals surface area contributed by atoms with Crippen LogP contribution in [0.4, 0.5) is 11.4 Å². The second-order valence-electron chi connectivity index (χ2n) is 11.9. The number of ether oxygens (including phenoxy) is 2. The molecular weight excluding hydrogens is 582 g/mol. The van der Waals surface area contributed by atoms with Crippen LogP contribution in [0.1, 0.15) is 32.8 Å². The van der Waals surface area contributed by atoms with Gasteiger partial charge in [-0.15, -0.1) is 0 Å². The minimum absolute atomic E-state index is 0.207. The van der Waals surface area contributed by atoms with E-state index in [0.29, 0.717) is 41.7 Å². The Morgan fingerprint density at radius 3 is 2.34 bits per heavy atom. The van der Waals surface area contributed by atoms with Gasteiger partial charge in [0.25, 0.3) is 5.91 Å². The maximum absolute atomic E-state index is 14.7. The number of anilines is 2. The highest BCUT2D eigenvalue weighted by atomic mass is 35.5. The number of para-hydroxylation sites is 1. The van der Waals surface area contributed by atoms with Gasteiger partial charge in [-0.3, -0.25) is 14.4 Å². The van der Waals surface area contributed by atoms with Crippen molar-refractivity contribution in [3.05, 3.63) is 77.4 Å². The number of carbonyl (C=O) groups is 3. The Morgan fingerprint density at radius 2 is 1.68 bits per heavy atom. The molecule has 0 saturated carbocycles. The highest BCUT2D eigenvalue weighted by Crippen LogP contribution is 2.59. The smallest absolute Gasteiger partial charge is 0.253 e. The number of nitrogens with zero attached hydrogens (tertiary/aromatic N) is 3. The molecule has 6 atom stereocenters. The van der Waals surface area contributed by atoms with Crippen LogP contribution in [-0.2, 0) is 19.1 Å². The first kappa shape index (κ1) is 30.4.